The number of hydrogen-bond acceptors (Lipinski definition) is 4. The van der Waals surface area contributed by atoms with Crippen molar-refractivity contribution in [1.29, 1.82) is 0 Å². The van der Waals surface area contributed by atoms with E-state index in [9.17, 15) is 4.79 Å². The summed E-state index contributed by atoms with van der Waals surface area (Å²) >= 11 is 0. The molecule has 2 heterocycles. The van der Waals surface area contributed by atoms with Crippen LogP contribution in [-0.2, 0) is 22.6 Å². The molecule has 0 amide bonds. The summed E-state index contributed by atoms with van der Waals surface area (Å²) in [5.74, 6) is 1.18. The van der Waals surface area contributed by atoms with Gasteiger partial charge in [0.1, 0.15) is 11.9 Å². The maximum absolute atomic E-state index is 11.4. The first-order valence-electron chi connectivity index (χ1n) is 5.49. The van der Waals surface area contributed by atoms with E-state index in [0.29, 0.717) is 19.0 Å². The van der Waals surface area contributed by atoms with Crippen molar-refractivity contribution in [2.24, 2.45) is 0 Å². The molecule has 5 nitrogen and oxygen atoms in total. The van der Waals surface area contributed by atoms with Crippen molar-refractivity contribution in [3.8, 4) is 0 Å². The Morgan fingerprint density at radius 3 is 3.06 bits per heavy atom. The summed E-state index contributed by atoms with van der Waals surface area (Å²) in [4.78, 5) is 15.9. The summed E-state index contributed by atoms with van der Waals surface area (Å²) in [7, 11) is 1.41. The second-order valence-electron chi connectivity index (χ2n) is 4.35. The molecule has 0 spiro atoms. The number of aromatic nitrogens is 2. The van der Waals surface area contributed by atoms with Gasteiger partial charge in [-0.25, -0.2) is 4.98 Å². The first kappa shape index (κ1) is 11.1. The molecule has 0 aliphatic carbocycles. The van der Waals surface area contributed by atoms with Crippen LogP contribution in [0.15, 0.2) is 6.20 Å². The number of fused-ring (bicyclic) bond motifs is 1. The van der Waals surface area contributed by atoms with Gasteiger partial charge in [0.2, 0.25) is 0 Å². The molecule has 0 bridgehead atoms. The normalized spacial score (nSPS) is 19.6. The van der Waals surface area contributed by atoms with Gasteiger partial charge in [-0.3, -0.25) is 10.1 Å². The highest BCUT2D eigenvalue weighted by Gasteiger charge is 2.26. The zero-order valence-electron chi connectivity index (χ0n) is 9.86. The van der Waals surface area contributed by atoms with Crippen LogP contribution >= 0.6 is 0 Å². The lowest BCUT2D eigenvalue weighted by molar-refractivity contribution is -0.143. The van der Waals surface area contributed by atoms with Crippen molar-refractivity contribution in [3.05, 3.63) is 17.7 Å². The molecule has 0 saturated heterocycles. The molecule has 88 valence electrons. The molecule has 2 rings (SSSR count). The van der Waals surface area contributed by atoms with E-state index in [4.69, 9.17) is 4.74 Å². The maximum atomic E-state index is 11.4. The van der Waals surface area contributed by atoms with Gasteiger partial charge in [0.05, 0.1) is 19.3 Å². The van der Waals surface area contributed by atoms with Crippen LogP contribution < -0.4 is 5.32 Å². The third kappa shape index (κ3) is 1.95. The van der Waals surface area contributed by atoms with Crippen molar-refractivity contribution in [2.75, 3.05) is 7.11 Å². The number of esters is 1. The molecule has 5 heteroatoms. The second-order valence-corrected chi connectivity index (χ2v) is 4.35. The zero-order chi connectivity index (χ0) is 11.7. The van der Waals surface area contributed by atoms with Gasteiger partial charge in [-0.1, -0.05) is 13.8 Å². The largest absolute Gasteiger partial charge is 0.468 e. The minimum Gasteiger partial charge on any atom is -0.468 e. The Hall–Kier alpha value is -1.36. The quantitative estimate of drug-likeness (QED) is 0.748. The fraction of sp³-hybridized carbons (Fsp3) is 0.636. The molecule has 0 radical (unpaired) electrons. The number of imidazole rings is 1. The van der Waals surface area contributed by atoms with Gasteiger partial charge in [-0.15, -0.1) is 0 Å². The predicted octanol–water partition coefficient (Wildman–Crippen LogP) is 0.651. The highest BCUT2D eigenvalue weighted by Crippen LogP contribution is 2.16. The van der Waals surface area contributed by atoms with Crippen molar-refractivity contribution in [3.63, 3.8) is 0 Å². The van der Waals surface area contributed by atoms with Crippen molar-refractivity contribution < 1.29 is 9.53 Å². The van der Waals surface area contributed by atoms with E-state index in [0.717, 1.165) is 11.5 Å². The lowest BCUT2D eigenvalue weighted by atomic mass is 10.2. The van der Waals surface area contributed by atoms with Gasteiger partial charge in [-0.05, 0) is 5.92 Å². The van der Waals surface area contributed by atoms with Gasteiger partial charge < -0.3 is 9.30 Å². The Kier molecular flexibility index (Phi) is 2.96. The number of rotatable bonds is 2. The summed E-state index contributed by atoms with van der Waals surface area (Å²) in [6.45, 7) is 5.44. The van der Waals surface area contributed by atoms with Crippen LogP contribution in [0.25, 0.3) is 0 Å². The average molecular weight is 223 g/mol. The van der Waals surface area contributed by atoms with Crippen LogP contribution in [0.2, 0.25) is 0 Å². The third-order valence-corrected chi connectivity index (χ3v) is 2.84. The number of nitrogens with one attached hydrogen (secondary N) is 1. The Balaban J connectivity index is 2.17. The van der Waals surface area contributed by atoms with Gasteiger partial charge >= 0.3 is 5.97 Å². The van der Waals surface area contributed by atoms with Crippen molar-refractivity contribution in [2.45, 2.75) is 38.9 Å². The molecule has 0 aromatic carbocycles. The first-order valence-corrected chi connectivity index (χ1v) is 5.49. The fourth-order valence-corrected chi connectivity index (χ4v) is 1.83. The van der Waals surface area contributed by atoms with Gasteiger partial charge in [0, 0.05) is 12.7 Å². The summed E-state index contributed by atoms with van der Waals surface area (Å²) in [5, 5.41) is 3.12. The van der Waals surface area contributed by atoms with Gasteiger partial charge in [0.15, 0.2) is 0 Å². The number of nitrogens with zero attached hydrogens (tertiary/aromatic N) is 2. The maximum Gasteiger partial charge on any atom is 0.324 e. The molecule has 1 aliphatic rings. The van der Waals surface area contributed by atoms with E-state index in [1.54, 1.807) is 0 Å². The molecule has 1 aliphatic heterocycles. The number of carbonyl (C=O) groups excluding carboxylic acids is 1. The molecular weight excluding hydrogens is 206 g/mol. The van der Waals surface area contributed by atoms with E-state index >= 15 is 0 Å². The van der Waals surface area contributed by atoms with Crippen LogP contribution in [0, 0.1) is 0 Å². The highest BCUT2D eigenvalue weighted by molar-refractivity contribution is 5.75. The molecule has 1 unspecified atom stereocenters. The molecule has 1 aromatic heterocycles. The molecular formula is C11H17N3O2. The van der Waals surface area contributed by atoms with E-state index in [-0.39, 0.29) is 12.0 Å². The Morgan fingerprint density at radius 2 is 2.44 bits per heavy atom. The monoisotopic (exact) mass is 223 g/mol. The predicted molar refractivity (Wildman–Crippen MR) is 59.0 cm³/mol. The summed E-state index contributed by atoms with van der Waals surface area (Å²) in [6.07, 6.45) is 2.02. The van der Waals surface area contributed by atoms with E-state index in [1.165, 1.54) is 7.11 Å². The highest BCUT2D eigenvalue weighted by atomic mass is 16.5. The van der Waals surface area contributed by atoms with Crippen molar-refractivity contribution in [1.82, 2.24) is 14.9 Å². The Bertz CT molecular complexity index is 398. The summed E-state index contributed by atoms with van der Waals surface area (Å²) in [6, 6.07) is -0.258. The molecule has 1 N–H and O–H groups in total. The van der Waals surface area contributed by atoms with E-state index in [2.05, 4.69) is 24.1 Å². The molecule has 1 atom stereocenters. The van der Waals surface area contributed by atoms with E-state index in [1.807, 2.05) is 10.8 Å². The fourth-order valence-electron chi connectivity index (χ4n) is 1.83. The standard InChI is InChI=1S/C11H17N3O2/c1-7(2)8-5-14-6-9(11(15)16-3)12-4-10(14)13-8/h5,7,9,12H,4,6H2,1-3H3. The lowest BCUT2D eigenvalue weighted by Crippen LogP contribution is -2.44. The van der Waals surface area contributed by atoms with Crippen LogP contribution in [-0.4, -0.2) is 28.7 Å². The average Bonchev–Trinajstić information content (AvgIpc) is 2.70. The number of ether oxygens (including phenoxy) is 1. The summed E-state index contributed by atoms with van der Waals surface area (Å²) in [5.41, 5.74) is 1.07. The molecule has 0 fully saturated rings. The minimum absolute atomic E-state index is 0.217. The molecule has 0 saturated carbocycles. The second kappa shape index (κ2) is 4.25. The topological polar surface area (TPSA) is 56.2 Å². The minimum atomic E-state index is -0.258. The zero-order valence-corrected chi connectivity index (χ0v) is 9.86. The van der Waals surface area contributed by atoms with Gasteiger partial charge in [0.25, 0.3) is 0 Å². The van der Waals surface area contributed by atoms with Crippen LogP contribution in [0.1, 0.15) is 31.3 Å². The molecule has 16 heavy (non-hydrogen) atoms. The Labute approximate surface area is 94.8 Å². The third-order valence-electron chi connectivity index (χ3n) is 2.84. The smallest absolute Gasteiger partial charge is 0.324 e. The number of hydrogen-bond donors (Lipinski definition) is 1. The van der Waals surface area contributed by atoms with Crippen molar-refractivity contribution >= 4 is 5.97 Å². The van der Waals surface area contributed by atoms with Crippen LogP contribution in [0.3, 0.4) is 0 Å². The van der Waals surface area contributed by atoms with Crippen LogP contribution in [0.4, 0.5) is 0 Å². The van der Waals surface area contributed by atoms with Gasteiger partial charge in [-0.2, -0.15) is 0 Å². The van der Waals surface area contributed by atoms with Crippen LogP contribution in [0.5, 0.6) is 0 Å². The first-order chi connectivity index (χ1) is 7.61. The SMILES string of the molecule is COC(=O)C1Cn2cc(C(C)C)nc2CN1. The lowest BCUT2D eigenvalue weighted by Gasteiger charge is -2.22. The number of methoxy groups -OCH3 is 1. The number of carbonyl (C=O) groups is 1. The molecule has 1 aromatic rings. The Morgan fingerprint density at radius 1 is 1.69 bits per heavy atom. The van der Waals surface area contributed by atoms with E-state index < -0.39 is 0 Å². The summed E-state index contributed by atoms with van der Waals surface area (Å²) < 4.78 is 6.76.